The van der Waals surface area contributed by atoms with Gasteiger partial charge in [-0.05, 0) is 44.7 Å². The number of anilines is 1. The van der Waals surface area contributed by atoms with E-state index in [1.165, 1.54) is 0 Å². The van der Waals surface area contributed by atoms with E-state index in [2.05, 4.69) is 4.72 Å². The fraction of sp³-hybridized carbons (Fsp3) is 0.600. The first-order valence-corrected chi connectivity index (χ1v) is 8.86. The van der Waals surface area contributed by atoms with Crippen LogP contribution < -0.4 is 15.4 Å². The van der Waals surface area contributed by atoms with Crippen LogP contribution in [0.5, 0.6) is 0 Å². The molecule has 21 heavy (non-hydrogen) atoms. The zero-order valence-corrected chi connectivity index (χ0v) is 13.7. The van der Waals surface area contributed by atoms with Gasteiger partial charge in [-0.15, -0.1) is 0 Å². The van der Waals surface area contributed by atoms with Crippen LogP contribution in [0, 0.1) is 5.92 Å². The molecule has 0 aliphatic heterocycles. The van der Waals surface area contributed by atoms with Crippen molar-refractivity contribution in [3.63, 3.8) is 0 Å². The van der Waals surface area contributed by atoms with Gasteiger partial charge in [0.1, 0.15) is 4.90 Å². The number of sulfonamides is 1. The molecule has 1 aromatic carbocycles. The second-order valence-corrected chi connectivity index (χ2v) is 7.90. The summed E-state index contributed by atoms with van der Waals surface area (Å²) in [5.41, 5.74) is 6.55. The Morgan fingerprint density at radius 2 is 1.95 bits per heavy atom. The third-order valence-corrected chi connectivity index (χ3v) is 5.47. The van der Waals surface area contributed by atoms with Crippen LogP contribution in [-0.2, 0) is 10.0 Å². The van der Waals surface area contributed by atoms with Crippen LogP contribution >= 0.6 is 0 Å². The van der Waals surface area contributed by atoms with E-state index in [-0.39, 0.29) is 6.04 Å². The van der Waals surface area contributed by atoms with Gasteiger partial charge in [0.15, 0.2) is 0 Å². The molecule has 1 aliphatic carbocycles. The average Bonchev–Trinajstić information content (AvgIpc) is 2.35. The number of hydrogen-bond acceptors (Lipinski definition) is 4. The Hall–Kier alpha value is -1.11. The first-order chi connectivity index (χ1) is 9.79. The minimum absolute atomic E-state index is 0.127. The molecule has 0 radical (unpaired) electrons. The lowest BCUT2D eigenvalue weighted by molar-refractivity contribution is 0.271. The van der Waals surface area contributed by atoms with Crippen molar-refractivity contribution in [3.05, 3.63) is 24.3 Å². The summed E-state index contributed by atoms with van der Waals surface area (Å²) in [5, 5.41) is 0. The van der Waals surface area contributed by atoms with Gasteiger partial charge in [-0.3, -0.25) is 0 Å². The van der Waals surface area contributed by atoms with Crippen molar-refractivity contribution in [1.29, 1.82) is 0 Å². The molecule has 0 saturated heterocycles. The van der Waals surface area contributed by atoms with Crippen molar-refractivity contribution in [2.24, 2.45) is 11.7 Å². The smallest absolute Gasteiger partial charge is 0.242 e. The Labute approximate surface area is 127 Å². The third kappa shape index (κ3) is 3.96. The maximum atomic E-state index is 12.4. The van der Waals surface area contributed by atoms with E-state index in [4.69, 9.17) is 5.73 Å². The first kappa shape index (κ1) is 16.3. The van der Waals surface area contributed by atoms with Crippen LogP contribution in [0.4, 0.5) is 5.69 Å². The molecule has 1 aliphatic rings. The summed E-state index contributed by atoms with van der Waals surface area (Å²) in [4.78, 5) is 2.36. The van der Waals surface area contributed by atoms with Crippen LogP contribution in [0.15, 0.2) is 29.2 Å². The van der Waals surface area contributed by atoms with Crippen molar-refractivity contribution in [1.82, 2.24) is 4.72 Å². The number of nitrogens with one attached hydrogen (secondary N) is 1. The fourth-order valence-corrected chi connectivity index (χ4v) is 4.30. The molecule has 6 heteroatoms. The summed E-state index contributed by atoms with van der Waals surface area (Å²) in [6, 6.07) is 7.32. The highest BCUT2D eigenvalue weighted by Crippen LogP contribution is 2.30. The average molecular weight is 311 g/mol. The number of nitrogens with zero attached hydrogens (tertiary/aromatic N) is 1. The van der Waals surface area contributed by atoms with Crippen molar-refractivity contribution < 1.29 is 8.42 Å². The Morgan fingerprint density at radius 3 is 2.52 bits per heavy atom. The summed E-state index contributed by atoms with van der Waals surface area (Å²) in [7, 11) is -1.55. The number of benzene rings is 1. The van der Waals surface area contributed by atoms with Crippen LogP contribution in [0.1, 0.15) is 26.7 Å². The van der Waals surface area contributed by atoms with E-state index >= 15 is 0 Å². The minimum atomic E-state index is -3.49. The topological polar surface area (TPSA) is 75.4 Å². The Balaban J connectivity index is 2.20. The van der Waals surface area contributed by atoms with Gasteiger partial charge < -0.3 is 10.6 Å². The van der Waals surface area contributed by atoms with Gasteiger partial charge >= 0.3 is 0 Å². The second kappa shape index (κ2) is 6.34. The molecule has 0 aromatic heterocycles. The highest BCUT2D eigenvalue weighted by Gasteiger charge is 2.28. The van der Waals surface area contributed by atoms with E-state index in [1.807, 2.05) is 37.9 Å². The quantitative estimate of drug-likeness (QED) is 0.836. The Bertz CT molecular complexity index is 580. The highest BCUT2D eigenvalue weighted by atomic mass is 32.2. The molecule has 1 saturated carbocycles. The molecule has 2 rings (SSSR count). The van der Waals surface area contributed by atoms with Gasteiger partial charge in [0, 0.05) is 25.7 Å². The Morgan fingerprint density at radius 1 is 1.33 bits per heavy atom. The molecular weight excluding hydrogens is 286 g/mol. The molecular formula is C15H25N3O2S. The molecule has 118 valence electrons. The monoisotopic (exact) mass is 311 g/mol. The zero-order chi connectivity index (χ0) is 15.6. The first-order valence-electron chi connectivity index (χ1n) is 7.37. The van der Waals surface area contributed by atoms with Gasteiger partial charge in [0.25, 0.3) is 0 Å². The van der Waals surface area contributed by atoms with E-state index in [9.17, 15) is 8.42 Å². The van der Waals surface area contributed by atoms with Crippen LogP contribution in [-0.4, -0.2) is 34.1 Å². The molecule has 0 amide bonds. The summed E-state index contributed by atoms with van der Waals surface area (Å²) in [5.74, 6) is 0.554. The highest BCUT2D eigenvalue weighted by molar-refractivity contribution is 7.89. The normalized spacial score (nSPS) is 22.1. The van der Waals surface area contributed by atoms with E-state index in [1.54, 1.807) is 12.1 Å². The minimum Gasteiger partial charge on any atom is -0.373 e. The molecule has 3 N–H and O–H groups in total. The largest absolute Gasteiger partial charge is 0.373 e. The number of nitrogens with two attached hydrogens (primary N) is 1. The summed E-state index contributed by atoms with van der Waals surface area (Å²) in [6.45, 7) is 4.47. The predicted molar refractivity (Wildman–Crippen MR) is 85.9 cm³/mol. The molecule has 0 heterocycles. The maximum absolute atomic E-state index is 12.4. The van der Waals surface area contributed by atoms with Crippen molar-refractivity contribution in [3.8, 4) is 0 Å². The van der Waals surface area contributed by atoms with Crippen molar-refractivity contribution in [2.75, 3.05) is 18.5 Å². The van der Waals surface area contributed by atoms with Crippen molar-refractivity contribution in [2.45, 2.75) is 43.7 Å². The molecule has 0 spiro atoms. The van der Waals surface area contributed by atoms with Crippen LogP contribution in [0.25, 0.3) is 0 Å². The zero-order valence-electron chi connectivity index (χ0n) is 12.9. The lowest BCUT2D eigenvalue weighted by Gasteiger charge is -2.36. The van der Waals surface area contributed by atoms with Gasteiger partial charge in [-0.1, -0.05) is 12.1 Å². The number of para-hydroxylation sites is 1. The van der Waals surface area contributed by atoms with E-state index < -0.39 is 10.0 Å². The lowest BCUT2D eigenvalue weighted by Crippen LogP contribution is -2.42. The molecule has 1 fully saturated rings. The predicted octanol–water partition coefficient (Wildman–Crippen LogP) is 1.55. The third-order valence-electron chi connectivity index (χ3n) is 3.76. The van der Waals surface area contributed by atoms with Gasteiger partial charge in [-0.2, -0.15) is 0 Å². The molecule has 1 aromatic rings. The van der Waals surface area contributed by atoms with Crippen LogP contribution in [0.2, 0.25) is 0 Å². The second-order valence-electron chi connectivity index (χ2n) is 6.22. The van der Waals surface area contributed by atoms with Gasteiger partial charge in [0.2, 0.25) is 10.0 Å². The summed E-state index contributed by atoms with van der Waals surface area (Å²) >= 11 is 0. The number of hydrogen-bond donors (Lipinski definition) is 2. The standard InChI is InChI=1S/C15H25N3O2S/c1-11(2)17-21(19,20)15-7-5-4-6-14(15)18(3)10-12-8-13(16)9-12/h4-7,11-13,17H,8-10,16H2,1-3H3. The summed E-state index contributed by atoms with van der Waals surface area (Å²) in [6.07, 6.45) is 2.03. The number of rotatable bonds is 6. The maximum Gasteiger partial charge on any atom is 0.242 e. The fourth-order valence-electron chi connectivity index (χ4n) is 2.80. The lowest BCUT2D eigenvalue weighted by atomic mass is 9.80. The molecule has 5 nitrogen and oxygen atoms in total. The molecule has 0 unspecified atom stereocenters. The van der Waals surface area contributed by atoms with E-state index in [0.717, 1.165) is 25.1 Å². The van der Waals surface area contributed by atoms with Gasteiger partial charge in [-0.25, -0.2) is 13.1 Å². The Kier molecular flexibility index (Phi) is 4.91. The van der Waals surface area contributed by atoms with Gasteiger partial charge in [0.05, 0.1) is 5.69 Å². The molecule has 0 atom stereocenters. The summed E-state index contributed by atoms with van der Waals surface area (Å²) < 4.78 is 27.5. The molecule has 0 bridgehead atoms. The van der Waals surface area contributed by atoms with Crippen LogP contribution in [0.3, 0.4) is 0 Å². The SMILES string of the molecule is CC(C)NS(=O)(=O)c1ccccc1N(C)CC1CC(N)C1. The van der Waals surface area contributed by atoms with Crippen molar-refractivity contribution >= 4 is 15.7 Å². The van der Waals surface area contributed by atoms with E-state index in [0.29, 0.717) is 16.9 Å².